The van der Waals surface area contributed by atoms with Crippen molar-refractivity contribution in [3.05, 3.63) is 34.9 Å². The Balaban J connectivity index is 1.91. The molecular weight excluding hydrogens is 364 g/mol. The van der Waals surface area contributed by atoms with Crippen molar-refractivity contribution in [1.82, 2.24) is 4.90 Å². The van der Waals surface area contributed by atoms with Crippen molar-refractivity contribution >= 4 is 33.6 Å². The first kappa shape index (κ1) is 19.7. The van der Waals surface area contributed by atoms with Crippen LogP contribution in [0, 0.1) is 5.92 Å². The van der Waals surface area contributed by atoms with Crippen LogP contribution in [0.1, 0.15) is 25.8 Å². The summed E-state index contributed by atoms with van der Waals surface area (Å²) in [4.78, 5) is 19.2. The van der Waals surface area contributed by atoms with Gasteiger partial charge in [-0.3, -0.25) is 4.79 Å². The molecule has 1 fully saturated rings. The molecule has 1 amide bonds. The Hall–Kier alpha value is -1.60. The monoisotopic (exact) mass is 386 g/mol. The Morgan fingerprint density at radius 2 is 2.08 bits per heavy atom. The quantitative estimate of drug-likeness (QED) is 0.532. The van der Waals surface area contributed by atoms with Gasteiger partial charge in [0.1, 0.15) is 0 Å². The fraction of sp³-hybridized carbons (Fsp3) is 0.529. The molecule has 138 valence electrons. The number of hydrogen-bond donors (Lipinski definition) is 0. The molecule has 0 saturated carbocycles. The van der Waals surface area contributed by atoms with Gasteiger partial charge in [0.15, 0.2) is 16.4 Å². The first-order valence-corrected chi connectivity index (χ1v) is 10.4. The van der Waals surface area contributed by atoms with Gasteiger partial charge in [0, 0.05) is 17.6 Å². The standard InChI is InChI=1S/C17H23ClN2O4S/c1-13(2)10-20(16-7-8-25(22,23)12-16)17(21)11-24-19-9-14-3-5-15(18)6-4-14/h3-6,9,13,16H,7-8,10-12H2,1-2H3/b19-9-/t16-/m1/s1. The van der Waals surface area contributed by atoms with Gasteiger partial charge in [0.25, 0.3) is 5.91 Å². The maximum absolute atomic E-state index is 12.4. The van der Waals surface area contributed by atoms with Crippen molar-refractivity contribution < 1.29 is 18.0 Å². The number of nitrogens with zero attached hydrogens (tertiary/aromatic N) is 2. The van der Waals surface area contributed by atoms with Crippen LogP contribution < -0.4 is 0 Å². The number of carbonyl (C=O) groups is 1. The van der Waals surface area contributed by atoms with E-state index in [2.05, 4.69) is 5.16 Å². The van der Waals surface area contributed by atoms with E-state index in [0.29, 0.717) is 18.0 Å². The van der Waals surface area contributed by atoms with Gasteiger partial charge < -0.3 is 9.74 Å². The largest absolute Gasteiger partial charge is 0.386 e. The molecular formula is C17H23ClN2O4S. The number of oxime groups is 1. The van der Waals surface area contributed by atoms with E-state index in [0.717, 1.165) is 5.56 Å². The lowest BCUT2D eigenvalue weighted by atomic mass is 10.1. The highest BCUT2D eigenvalue weighted by Crippen LogP contribution is 2.19. The summed E-state index contributed by atoms with van der Waals surface area (Å²) in [7, 11) is -3.05. The predicted molar refractivity (Wildman–Crippen MR) is 98.6 cm³/mol. The smallest absolute Gasteiger partial charge is 0.263 e. The zero-order chi connectivity index (χ0) is 18.4. The van der Waals surface area contributed by atoms with E-state index in [1.807, 2.05) is 13.8 Å². The molecule has 6 nitrogen and oxygen atoms in total. The Labute approximate surface area is 153 Å². The van der Waals surface area contributed by atoms with Crippen LogP contribution in [0.5, 0.6) is 0 Å². The summed E-state index contributed by atoms with van der Waals surface area (Å²) in [6.07, 6.45) is 1.98. The highest BCUT2D eigenvalue weighted by molar-refractivity contribution is 7.91. The molecule has 1 aromatic rings. The van der Waals surface area contributed by atoms with Gasteiger partial charge in [-0.25, -0.2) is 8.42 Å². The molecule has 8 heteroatoms. The summed E-state index contributed by atoms with van der Waals surface area (Å²) in [5, 5.41) is 4.42. The summed E-state index contributed by atoms with van der Waals surface area (Å²) >= 11 is 5.80. The molecule has 1 atom stereocenters. The van der Waals surface area contributed by atoms with Crippen molar-refractivity contribution in [2.24, 2.45) is 11.1 Å². The van der Waals surface area contributed by atoms with E-state index < -0.39 is 9.84 Å². The molecule has 0 N–H and O–H groups in total. The Bertz CT molecular complexity index is 717. The van der Waals surface area contributed by atoms with Crippen LogP contribution in [0.25, 0.3) is 0 Å². The normalized spacial score (nSPS) is 19.4. The second kappa shape index (κ2) is 8.67. The van der Waals surface area contributed by atoms with Crippen LogP contribution in [-0.2, 0) is 19.5 Å². The fourth-order valence-electron chi connectivity index (χ4n) is 2.69. The van der Waals surface area contributed by atoms with E-state index >= 15 is 0 Å². The molecule has 0 aromatic heterocycles. The molecule has 0 radical (unpaired) electrons. The minimum absolute atomic E-state index is 0.0273. The summed E-state index contributed by atoms with van der Waals surface area (Å²) in [6, 6.07) is 6.76. The molecule has 0 spiro atoms. The zero-order valence-corrected chi connectivity index (χ0v) is 16.0. The first-order chi connectivity index (χ1) is 11.8. The topological polar surface area (TPSA) is 76.0 Å². The molecule has 1 heterocycles. The molecule has 1 aliphatic rings. The Morgan fingerprint density at radius 1 is 1.40 bits per heavy atom. The van der Waals surface area contributed by atoms with Crippen LogP contribution in [0.3, 0.4) is 0 Å². The van der Waals surface area contributed by atoms with E-state index in [1.165, 1.54) is 6.21 Å². The second-order valence-corrected chi connectivity index (χ2v) is 9.22. The van der Waals surface area contributed by atoms with Crippen molar-refractivity contribution in [1.29, 1.82) is 0 Å². The minimum atomic E-state index is -3.05. The van der Waals surface area contributed by atoms with Crippen LogP contribution >= 0.6 is 11.6 Å². The van der Waals surface area contributed by atoms with Gasteiger partial charge in [-0.2, -0.15) is 0 Å². The summed E-state index contributed by atoms with van der Waals surface area (Å²) in [6.45, 7) is 4.27. The number of halogens is 1. The van der Waals surface area contributed by atoms with Gasteiger partial charge in [-0.05, 0) is 30.0 Å². The molecule has 1 saturated heterocycles. The van der Waals surface area contributed by atoms with Crippen molar-refractivity contribution in [2.45, 2.75) is 26.3 Å². The molecule has 0 unspecified atom stereocenters. The number of rotatable bonds is 7. The van der Waals surface area contributed by atoms with E-state index in [1.54, 1.807) is 29.2 Å². The maximum atomic E-state index is 12.4. The van der Waals surface area contributed by atoms with Gasteiger partial charge in [-0.1, -0.05) is 42.7 Å². The third kappa shape index (κ3) is 6.32. The SMILES string of the molecule is CC(C)CN(C(=O)CO/N=C\c1ccc(Cl)cc1)[C@@H]1CCS(=O)(=O)C1. The average Bonchev–Trinajstić information content (AvgIpc) is 2.90. The highest BCUT2D eigenvalue weighted by Gasteiger charge is 2.34. The van der Waals surface area contributed by atoms with Gasteiger partial charge in [0.2, 0.25) is 0 Å². The van der Waals surface area contributed by atoms with Crippen LogP contribution in [0.4, 0.5) is 0 Å². The zero-order valence-electron chi connectivity index (χ0n) is 14.4. The third-order valence-corrected chi connectivity index (χ3v) is 5.87. The lowest BCUT2D eigenvalue weighted by Crippen LogP contribution is -2.44. The number of benzene rings is 1. The lowest BCUT2D eigenvalue weighted by Gasteiger charge is -2.29. The molecule has 0 bridgehead atoms. The predicted octanol–water partition coefficient (Wildman–Crippen LogP) is 2.36. The van der Waals surface area contributed by atoms with Gasteiger partial charge in [-0.15, -0.1) is 0 Å². The highest BCUT2D eigenvalue weighted by atomic mass is 35.5. The molecule has 2 rings (SSSR count). The minimum Gasteiger partial charge on any atom is -0.386 e. The summed E-state index contributed by atoms with van der Waals surface area (Å²) < 4.78 is 23.4. The summed E-state index contributed by atoms with van der Waals surface area (Å²) in [5.74, 6) is 0.156. The molecule has 1 aromatic carbocycles. The van der Waals surface area contributed by atoms with Crippen LogP contribution in [-0.4, -0.2) is 56.1 Å². The van der Waals surface area contributed by atoms with Gasteiger partial charge in [0.05, 0.1) is 17.7 Å². The second-order valence-electron chi connectivity index (χ2n) is 6.56. The van der Waals surface area contributed by atoms with E-state index in [9.17, 15) is 13.2 Å². The number of amides is 1. The summed E-state index contributed by atoms with van der Waals surface area (Å²) in [5.41, 5.74) is 0.803. The first-order valence-electron chi connectivity index (χ1n) is 8.17. The average molecular weight is 387 g/mol. The number of carbonyl (C=O) groups excluding carboxylic acids is 1. The number of sulfone groups is 1. The Kier molecular flexibility index (Phi) is 6.84. The molecule has 0 aliphatic carbocycles. The molecule has 1 aliphatic heterocycles. The third-order valence-electron chi connectivity index (χ3n) is 3.87. The number of hydrogen-bond acceptors (Lipinski definition) is 5. The van der Waals surface area contributed by atoms with Crippen molar-refractivity contribution in [3.63, 3.8) is 0 Å². The van der Waals surface area contributed by atoms with E-state index in [4.69, 9.17) is 16.4 Å². The van der Waals surface area contributed by atoms with Crippen molar-refractivity contribution in [2.75, 3.05) is 24.7 Å². The van der Waals surface area contributed by atoms with Crippen molar-refractivity contribution in [3.8, 4) is 0 Å². The molecule has 25 heavy (non-hydrogen) atoms. The van der Waals surface area contributed by atoms with Crippen LogP contribution in [0.15, 0.2) is 29.4 Å². The van der Waals surface area contributed by atoms with E-state index in [-0.39, 0.29) is 36.0 Å². The lowest BCUT2D eigenvalue weighted by molar-refractivity contribution is -0.138. The van der Waals surface area contributed by atoms with Crippen LogP contribution in [0.2, 0.25) is 5.02 Å². The van der Waals surface area contributed by atoms with Gasteiger partial charge >= 0.3 is 0 Å². The maximum Gasteiger partial charge on any atom is 0.263 e. The fourth-order valence-corrected chi connectivity index (χ4v) is 4.55. The Morgan fingerprint density at radius 3 is 2.64 bits per heavy atom.